The molecular formula is C12H22N2OS. The molecule has 0 saturated carbocycles. The second-order valence-corrected chi connectivity index (χ2v) is 5.62. The molecule has 2 N–H and O–H groups in total. The summed E-state index contributed by atoms with van der Waals surface area (Å²) in [5, 5.41) is 0. The molecule has 0 aromatic carbocycles. The first-order valence-electron chi connectivity index (χ1n) is 5.98. The second kappa shape index (κ2) is 5.13. The van der Waals surface area contributed by atoms with Crippen molar-refractivity contribution in [3.8, 4) is 0 Å². The first kappa shape index (κ1) is 13.4. The minimum atomic E-state index is -0.698. The van der Waals surface area contributed by atoms with E-state index >= 15 is 0 Å². The molecule has 1 atom stereocenters. The van der Waals surface area contributed by atoms with E-state index in [0.717, 1.165) is 19.5 Å². The number of rotatable bonds is 4. The summed E-state index contributed by atoms with van der Waals surface area (Å²) < 4.78 is 0. The molecule has 1 aliphatic heterocycles. The van der Waals surface area contributed by atoms with Crippen LogP contribution < -0.4 is 5.73 Å². The molecular weight excluding hydrogens is 220 g/mol. The second-order valence-electron chi connectivity index (χ2n) is 5.18. The standard InChI is InChI=1S/C12H22N2OS/c1-4-5-9-6-7-14(8-9)11(15)12(2,3)10(13)16/h9H,4-8H2,1-3H3,(H2,13,16). The molecule has 1 fully saturated rings. The lowest BCUT2D eigenvalue weighted by Crippen LogP contribution is -2.46. The fraction of sp³-hybridized carbons (Fsp3) is 0.833. The van der Waals surface area contributed by atoms with Gasteiger partial charge >= 0.3 is 0 Å². The molecule has 4 heteroatoms. The van der Waals surface area contributed by atoms with Crippen molar-refractivity contribution in [3.05, 3.63) is 0 Å². The van der Waals surface area contributed by atoms with E-state index in [1.807, 2.05) is 18.7 Å². The van der Waals surface area contributed by atoms with Gasteiger partial charge in [-0.05, 0) is 32.6 Å². The summed E-state index contributed by atoms with van der Waals surface area (Å²) in [6.07, 6.45) is 3.51. The van der Waals surface area contributed by atoms with Crippen LogP contribution in [0.1, 0.15) is 40.0 Å². The van der Waals surface area contributed by atoms with Crippen molar-refractivity contribution >= 4 is 23.1 Å². The number of thiocarbonyl (C=S) groups is 1. The van der Waals surface area contributed by atoms with E-state index in [9.17, 15) is 4.79 Å². The fourth-order valence-corrected chi connectivity index (χ4v) is 2.25. The van der Waals surface area contributed by atoms with Crippen LogP contribution in [0.15, 0.2) is 0 Å². The summed E-state index contributed by atoms with van der Waals surface area (Å²) in [4.78, 5) is 14.4. The van der Waals surface area contributed by atoms with E-state index < -0.39 is 5.41 Å². The Kier molecular flexibility index (Phi) is 4.30. The smallest absolute Gasteiger partial charge is 0.235 e. The van der Waals surface area contributed by atoms with Crippen LogP contribution in [0.5, 0.6) is 0 Å². The number of nitrogens with zero attached hydrogens (tertiary/aromatic N) is 1. The van der Waals surface area contributed by atoms with Crippen LogP contribution in [0.25, 0.3) is 0 Å². The Hall–Kier alpha value is -0.640. The average Bonchev–Trinajstić information content (AvgIpc) is 2.65. The van der Waals surface area contributed by atoms with Gasteiger partial charge in [-0.2, -0.15) is 0 Å². The summed E-state index contributed by atoms with van der Waals surface area (Å²) in [7, 11) is 0. The SMILES string of the molecule is CCCC1CCN(C(=O)C(C)(C)C(N)=S)C1. The van der Waals surface area contributed by atoms with Crippen LogP contribution in [-0.2, 0) is 4.79 Å². The summed E-state index contributed by atoms with van der Waals surface area (Å²) in [5.74, 6) is 0.745. The van der Waals surface area contributed by atoms with E-state index in [4.69, 9.17) is 18.0 Å². The van der Waals surface area contributed by atoms with Gasteiger partial charge in [-0.1, -0.05) is 25.6 Å². The average molecular weight is 242 g/mol. The fourth-order valence-electron chi connectivity index (χ4n) is 2.16. The Morgan fingerprint density at radius 2 is 2.19 bits per heavy atom. The van der Waals surface area contributed by atoms with Gasteiger partial charge in [0.1, 0.15) is 0 Å². The molecule has 0 bridgehead atoms. The monoisotopic (exact) mass is 242 g/mol. The van der Waals surface area contributed by atoms with Gasteiger partial charge in [-0.15, -0.1) is 0 Å². The van der Waals surface area contributed by atoms with Gasteiger partial charge in [-0.25, -0.2) is 0 Å². The first-order chi connectivity index (χ1) is 7.39. The van der Waals surface area contributed by atoms with Crippen LogP contribution >= 0.6 is 12.2 Å². The van der Waals surface area contributed by atoms with Crippen molar-refractivity contribution in [2.45, 2.75) is 40.0 Å². The third-order valence-electron chi connectivity index (χ3n) is 3.42. The van der Waals surface area contributed by atoms with E-state index in [-0.39, 0.29) is 10.9 Å². The Bertz CT molecular complexity index is 289. The summed E-state index contributed by atoms with van der Waals surface area (Å²) >= 11 is 4.95. The van der Waals surface area contributed by atoms with Crippen LogP contribution in [0.4, 0.5) is 0 Å². The van der Waals surface area contributed by atoms with Crippen molar-refractivity contribution in [3.63, 3.8) is 0 Å². The molecule has 1 unspecified atom stereocenters. The third kappa shape index (κ3) is 2.73. The van der Waals surface area contributed by atoms with Crippen LogP contribution in [-0.4, -0.2) is 28.9 Å². The van der Waals surface area contributed by atoms with Crippen molar-refractivity contribution in [1.82, 2.24) is 4.90 Å². The third-order valence-corrected chi connectivity index (χ3v) is 3.93. The van der Waals surface area contributed by atoms with Gasteiger partial charge in [0.2, 0.25) is 5.91 Å². The van der Waals surface area contributed by atoms with Gasteiger partial charge in [0.25, 0.3) is 0 Å². The van der Waals surface area contributed by atoms with E-state index in [1.54, 1.807) is 0 Å². The minimum Gasteiger partial charge on any atom is -0.392 e. The predicted octanol–water partition coefficient (Wildman–Crippen LogP) is 1.95. The highest BCUT2D eigenvalue weighted by atomic mass is 32.1. The Balaban J connectivity index is 2.60. The lowest BCUT2D eigenvalue weighted by Gasteiger charge is -2.28. The van der Waals surface area contributed by atoms with E-state index in [2.05, 4.69) is 6.92 Å². The molecule has 0 spiro atoms. The molecule has 1 rings (SSSR count). The maximum Gasteiger partial charge on any atom is 0.235 e. The first-order valence-corrected chi connectivity index (χ1v) is 6.39. The molecule has 0 radical (unpaired) electrons. The number of nitrogens with two attached hydrogens (primary N) is 1. The van der Waals surface area contributed by atoms with Crippen LogP contribution in [0.2, 0.25) is 0 Å². The van der Waals surface area contributed by atoms with Crippen molar-refractivity contribution in [2.75, 3.05) is 13.1 Å². The Labute approximate surface area is 103 Å². The maximum absolute atomic E-state index is 12.2. The number of carbonyl (C=O) groups excluding carboxylic acids is 1. The zero-order valence-electron chi connectivity index (χ0n) is 10.5. The molecule has 1 saturated heterocycles. The highest BCUT2D eigenvalue weighted by Crippen LogP contribution is 2.26. The van der Waals surface area contributed by atoms with Crippen molar-refractivity contribution < 1.29 is 4.79 Å². The van der Waals surface area contributed by atoms with E-state index in [1.165, 1.54) is 12.8 Å². The normalized spacial score (nSPS) is 21.2. The van der Waals surface area contributed by atoms with Crippen LogP contribution in [0.3, 0.4) is 0 Å². The minimum absolute atomic E-state index is 0.0820. The Morgan fingerprint density at radius 1 is 1.56 bits per heavy atom. The molecule has 0 aromatic rings. The molecule has 1 heterocycles. The maximum atomic E-state index is 12.2. The molecule has 3 nitrogen and oxygen atoms in total. The number of likely N-dealkylation sites (tertiary alicyclic amines) is 1. The quantitative estimate of drug-likeness (QED) is 0.766. The predicted molar refractivity (Wildman–Crippen MR) is 70.2 cm³/mol. The zero-order chi connectivity index (χ0) is 12.3. The molecule has 1 amide bonds. The lowest BCUT2D eigenvalue weighted by molar-refractivity contribution is -0.135. The van der Waals surface area contributed by atoms with Crippen molar-refractivity contribution in [2.24, 2.45) is 17.1 Å². The van der Waals surface area contributed by atoms with Gasteiger partial charge in [0.15, 0.2) is 0 Å². The van der Waals surface area contributed by atoms with Gasteiger partial charge in [-0.3, -0.25) is 4.79 Å². The topological polar surface area (TPSA) is 46.3 Å². The van der Waals surface area contributed by atoms with Gasteiger partial charge in [0.05, 0.1) is 10.4 Å². The molecule has 0 aliphatic carbocycles. The highest BCUT2D eigenvalue weighted by molar-refractivity contribution is 7.80. The highest BCUT2D eigenvalue weighted by Gasteiger charge is 2.37. The summed E-state index contributed by atoms with van der Waals surface area (Å²) in [5.41, 5.74) is 4.92. The molecule has 16 heavy (non-hydrogen) atoms. The molecule has 1 aliphatic rings. The van der Waals surface area contributed by atoms with E-state index in [0.29, 0.717) is 5.92 Å². The summed E-state index contributed by atoms with van der Waals surface area (Å²) in [6, 6.07) is 0. The molecule has 0 aromatic heterocycles. The largest absolute Gasteiger partial charge is 0.392 e. The number of carbonyl (C=O) groups is 1. The summed E-state index contributed by atoms with van der Waals surface area (Å²) in [6.45, 7) is 7.54. The Morgan fingerprint density at radius 3 is 2.69 bits per heavy atom. The van der Waals surface area contributed by atoms with Gasteiger partial charge < -0.3 is 10.6 Å². The lowest BCUT2D eigenvalue weighted by atomic mass is 9.91. The number of hydrogen-bond donors (Lipinski definition) is 1. The zero-order valence-corrected chi connectivity index (χ0v) is 11.3. The molecule has 92 valence electrons. The van der Waals surface area contributed by atoms with Gasteiger partial charge in [0, 0.05) is 13.1 Å². The number of hydrogen-bond acceptors (Lipinski definition) is 2. The van der Waals surface area contributed by atoms with Crippen LogP contribution in [0, 0.1) is 11.3 Å². The number of amides is 1. The van der Waals surface area contributed by atoms with Crippen molar-refractivity contribution in [1.29, 1.82) is 0 Å².